The molecule has 0 radical (unpaired) electrons. The predicted molar refractivity (Wildman–Crippen MR) is 151 cm³/mol. The van der Waals surface area contributed by atoms with Gasteiger partial charge in [-0.15, -0.1) is 10.2 Å². The van der Waals surface area contributed by atoms with E-state index in [0.717, 1.165) is 65.9 Å². The zero-order chi connectivity index (χ0) is 25.3. The standard InChI is InChI=1S/C31H30N4OS/c36-31(35-21-19-34(20-22-35)18-8-12-25-9-3-1-4-10-25)28-15-7-11-26(23-28)24-37-30-17-16-29(32-33-30)27-13-5-2-6-14-27/h1-17,23H,18-22,24H2/b12-8+. The molecule has 1 fully saturated rings. The molecule has 186 valence electrons. The molecular formula is C31H30N4OS. The monoisotopic (exact) mass is 506 g/mol. The van der Waals surface area contributed by atoms with Crippen LogP contribution in [0.4, 0.5) is 0 Å². The summed E-state index contributed by atoms with van der Waals surface area (Å²) in [6.45, 7) is 4.18. The lowest BCUT2D eigenvalue weighted by Gasteiger charge is -2.34. The molecule has 6 heteroatoms. The smallest absolute Gasteiger partial charge is 0.253 e. The van der Waals surface area contributed by atoms with E-state index in [1.807, 2.05) is 71.6 Å². The van der Waals surface area contributed by atoms with Crippen LogP contribution in [0.2, 0.25) is 0 Å². The molecule has 1 saturated heterocycles. The summed E-state index contributed by atoms with van der Waals surface area (Å²) in [7, 11) is 0. The Balaban J connectivity index is 1.11. The van der Waals surface area contributed by atoms with Crippen LogP contribution >= 0.6 is 11.8 Å². The molecule has 3 aromatic carbocycles. The topological polar surface area (TPSA) is 49.3 Å². The largest absolute Gasteiger partial charge is 0.336 e. The third-order valence-electron chi connectivity index (χ3n) is 6.40. The third kappa shape index (κ3) is 6.94. The van der Waals surface area contributed by atoms with Gasteiger partial charge in [-0.1, -0.05) is 96.7 Å². The number of piperazine rings is 1. The van der Waals surface area contributed by atoms with Crippen molar-refractivity contribution < 1.29 is 4.79 Å². The average molecular weight is 507 g/mol. The maximum absolute atomic E-state index is 13.2. The molecule has 0 spiro atoms. The number of aromatic nitrogens is 2. The molecule has 1 aromatic heterocycles. The van der Waals surface area contributed by atoms with Gasteiger partial charge in [0.15, 0.2) is 0 Å². The van der Waals surface area contributed by atoms with Crippen LogP contribution < -0.4 is 0 Å². The minimum Gasteiger partial charge on any atom is -0.336 e. The highest BCUT2D eigenvalue weighted by molar-refractivity contribution is 7.98. The first-order chi connectivity index (χ1) is 18.2. The van der Waals surface area contributed by atoms with E-state index in [1.165, 1.54) is 5.56 Å². The summed E-state index contributed by atoms with van der Waals surface area (Å²) in [4.78, 5) is 17.5. The number of nitrogens with zero attached hydrogens (tertiary/aromatic N) is 4. The lowest BCUT2D eigenvalue weighted by molar-refractivity contribution is 0.0650. The number of amides is 1. The molecular weight excluding hydrogens is 476 g/mol. The van der Waals surface area contributed by atoms with Gasteiger partial charge in [0.1, 0.15) is 5.03 Å². The van der Waals surface area contributed by atoms with Crippen molar-refractivity contribution in [3.05, 3.63) is 120 Å². The molecule has 2 heterocycles. The molecule has 0 saturated carbocycles. The lowest BCUT2D eigenvalue weighted by Crippen LogP contribution is -2.48. The fourth-order valence-electron chi connectivity index (χ4n) is 4.33. The lowest BCUT2D eigenvalue weighted by atomic mass is 10.1. The maximum atomic E-state index is 13.2. The number of rotatable bonds is 8. The zero-order valence-corrected chi connectivity index (χ0v) is 21.6. The van der Waals surface area contributed by atoms with Gasteiger partial charge in [-0.3, -0.25) is 9.69 Å². The summed E-state index contributed by atoms with van der Waals surface area (Å²) in [6, 6.07) is 32.4. The van der Waals surface area contributed by atoms with Crippen molar-refractivity contribution in [3.8, 4) is 11.3 Å². The van der Waals surface area contributed by atoms with E-state index in [4.69, 9.17) is 0 Å². The Morgan fingerprint density at radius 3 is 2.30 bits per heavy atom. The van der Waals surface area contributed by atoms with Crippen LogP contribution in [0.25, 0.3) is 17.3 Å². The van der Waals surface area contributed by atoms with Crippen molar-refractivity contribution >= 4 is 23.7 Å². The highest BCUT2D eigenvalue weighted by atomic mass is 32.2. The third-order valence-corrected chi connectivity index (χ3v) is 7.39. The predicted octanol–water partition coefficient (Wildman–Crippen LogP) is 5.91. The molecule has 37 heavy (non-hydrogen) atoms. The van der Waals surface area contributed by atoms with Crippen molar-refractivity contribution in [1.82, 2.24) is 20.0 Å². The van der Waals surface area contributed by atoms with E-state index in [0.29, 0.717) is 0 Å². The Morgan fingerprint density at radius 1 is 0.811 bits per heavy atom. The van der Waals surface area contributed by atoms with Gasteiger partial charge in [-0.2, -0.15) is 0 Å². The van der Waals surface area contributed by atoms with E-state index >= 15 is 0 Å². The van der Waals surface area contributed by atoms with Crippen LogP contribution in [0.5, 0.6) is 0 Å². The van der Waals surface area contributed by atoms with Gasteiger partial charge < -0.3 is 4.90 Å². The van der Waals surface area contributed by atoms with Gasteiger partial charge in [0.05, 0.1) is 5.69 Å². The van der Waals surface area contributed by atoms with Gasteiger partial charge in [-0.05, 0) is 35.4 Å². The normalized spacial score (nSPS) is 14.2. The Bertz CT molecular complexity index is 1320. The highest BCUT2D eigenvalue weighted by Crippen LogP contribution is 2.23. The fraction of sp³-hybridized carbons (Fsp3) is 0.194. The minimum absolute atomic E-state index is 0.110. The quantitative estimate of drug-likeness (QED) is 0.278. The summed E-state index contributed by atoms with van der Waals surface area (Å²) >= 11 is 1.63. The number of carbonyl (C=O) groups excluding carboxylic acids is 1. The second kappa shape index (κ2) is 12.5. The van der Waals surface area contributed by atoms with E-state index < -0.39 is 0 Å². The van der Waals surface area contributed by atoms with Gasteiger partial charge in [0.2, 0.25) is 0 Å². The van der Waals surface area contributed by atoms with Crippen molar-refractivity contribution in [1.29, 1.82) is 0 Å². The Kier molecular flexibility index (Phi) is 8.41. The number of hydrogen-bond acceptors (Lipinski definition) is 5. The molecule has 1 amide bonds. The zero-order valence-electron chi connectivity index (χ0n) is 20.7. The van der Waals surface area contributed by atoms with Gasteiger partial charge >= 0.3 is 0 Å². The van der Waals surface area contributed by atoms with Crippen LogP contribution in [0.15, 0.2) is 108 Å². The molecule has 0 atom stereocenters. The van der Waals surface area contributed by atoms with Crippen molar-refractivity contribution in [2.24, 2.45) is 0 Å². The van der Waals surface area contributed by atoms with Crippen LogP contribution in [-0.2, 0) is 5.75 Å². The number of thioether (sulfide) groups is 1. The van der Waals surface area contributed by atoms with Crippen LogP contribution in [0, 0.1) is 0 Å². The molecule has 1 aliphatic rings. The van der Waals surface area contributed by atoms with Crippen LogP contribution in [-0.4, -0.2) is 58.6 Å². The molecule has 0 N–H and O–H groups in total. The van der Waals surface area contributed by atoms with E-state index in [9.17, 15) is 4.79 Å². The van der Waals surface area contributed by atoms with Gasteiger partial charge in [0.25, 0.3) is 5.91 Å². The van der Waals surface area contributed by atoms with Gasteiger partial charge in [-0.25, -0.2) is 0 Å². The Morgan fingerprint density at radius 2 is 1.57 bits per heavy atom. The first-order valence-corrected chi connectivity index (χ1v) is 13.6. The van der Waals surface area contributed by atoms with Gasteiger partial charge in [0, 0.05) is 49.6 Å². The van der Waals surface area contributed by atoms with Crippen LogP contribution in [0.3, 0.4) is 0 Å². The maximum Gasteiger partial charge on any atom is 0.253 e. The SMILES string of the molecule is O=C(c1cccc(CSc2ccc(-c3ccccc3)nn2)c1)N1CCN(C/C=C/c2ccccc2)CC1. The molecule has 4 aromatic rings. The summed E-state index contributed by atoms with van der Waals surface area (Å²) in [5.74, 6) is 0.848. The number of benzene rings is 3. The molecule has 1 aliphatic heterocycles. The molecule has 0 bridgehead atoms. The number of carbonyl (C=O) groups is 1. The Labute approximate surface area is 222 Å². The van der Waals surface area contributed by atoms with E-state index in [-0.39, 0.29) is 5.91 Å². The molecule has 0 unspecified atom stereocenters. The summed E-state index contributed by atoms with van der Waals surface area (Å²) < 4.78 is 0. The summed E-state index contributed by atoms with van der Waals surface area (Å²) in [5.41, 5.74) is 4.99. The second-order valence-electron chi connectivity index (χ2n) is 9.02. The molecule has 5 nitrogen and oxygen atoms in total. The van der Waals surface area contributed by atoms with Crippen molar-refractivity contribution in [2.75, 3.05) is 32.7 Å². The fourth-order valence-corrected chi connectivity index (χ4v) is 5.09. The molecule has 5 rings (SSSR count). The first kappa shape index (κ1) is 24.9. The summed E-state index contributed by atoms with van der Waals surface area (Å²) in [5, 5.41) is 9.61. The summed E-state index contributed by atoms with van der Waals surface area (Å²) in [6.07, 6.45) is 4.36. The van der Waals surface area contributed by atoms with E-state index in [2.05, 4.69) is 57.6 Å². The van der Waals surface area contributed by atoms with E-state index in [1.54, 1.807) is 11.8 Å². The second-order valence-corrected chi connectivity index (χ2v) is 10.0. The van der Waals surface area contributed by atoms with Crippen molar-refractivity contribution in [2.45, 2.75) is 10.8 Å². The Hall–Kier alpha value is -3.74. The highest BCUT2D eigenvalue weighted by Gasteiger charge is 2.21. The van der Waals surface area contributed by atoms with Crippen molar-refractivity contribution in [3.63, 3.8) is 0 Å². The van der Waals surface area contributed by atoms with Crippen LogP contribution in [0.1, 0.15) is 21.5 Å². The average Bonchev–Trinajstić information content (AvgIpc) is 2.97. The first-order valence-electron chi connectivity index (χ1n) is 12.6. The molecule has 0 aliphatic carbocycles. The minimum atomic E-state index is 0.110. The number of hydrogen-bond donors (Lipinski definition) is 0.